The van der Waals surface area contributed by atoms with Crippen molar-refractivity contribution < 1.29 is 24.1 Å². The fourth-order valence-electron chi connectivity index (χ4n) is 3.81. The second-order valence-electron chi connectivity index (χ2n) is 8.60. The van der Waals surface area contributed by atoms with E-state index in [2.05, 4.69) is 15.0 Å². The highest BCUT2D eigenvalue weighted by molar-refractivity contribution is 5.75. The number of carbonyl (C=O) groups excluding carboxylic acids is 1. The molecule has 0 bridgehead atoms. The van der Waals surface area contributed by atoms with Gasteiger partial charge >= 0.3 is 6.09 Å². The molecule has 1 atom stereocenters. The lowest BCUT2D eigenvalue weighted by molar-refractivity contribution is 0.112. The first kappa shape index (κ1) is 26.5. The van der Waals surface area contributed by atoms with E-state index >= 15 is 0 Å². The molecule has 0 radical (unpaired) electrons. The summed E-state index contributed by atoms with van der Waals surface area (Å²) in [6.07, 6.45) is 2.93. The zero-order chi connectivity index (χ0) is 27.1. The molecule has 0 saturated heterocycles. The molecule has 0 aliphatic rings. The summed E-state index contributed by atoms with van der Waals surface area (Å²) >= 11 is 0. The molecule has 2 heterocycles. The van der Waals surface area contributed by atoms with Crippen LogP contribution in [0.5, 0.6) is 11.5 Å². The maximum absolute atomic E-state index is 14.8. The van der Waals surface area contributed by atoms with E-state index in [4.69, 9.17) is 4.74 Å². The summed E-state index contributed by atoms with van der Waals surface area (Å²) in [5.41, 5.74) is 1.66. The van der Waals surface area contributed by atoms with Crippen LogP contribution in [0.25, 0.3) is 11.3 Å². The van der Waals surface area contributed by atoms with Gasteiger partial charge in [0.1, 0.15) is 17.3 Å². The molecule has 4 rings (SSSR count). The van der Waals surface area contributed by atoms with Gasteiger partial charge in [0.2, 0.25) is 5.95 Å². The van der Waals surface area contributed by atoms with Gasteiger partial charge in [-0.1, -0.05) is 30.3 Å². The monoisotopic (exact) mass is 517 g/mol. The number of phenolic OH excluding ortho intramolecular Hbond substituents is 1. The molecule has 0 fully saturated rings. The molecule has 196 valence electrons. The summed E-state index contributed by atoms with van der Waals surface area (Å²) in [6, 6.07) is 16.0. The number of aliphatic hydroxyl groups is 1. The predicted molar refractivity (Wildman–Crippen MR) is 140 cm³/mol. The summed E-state index contributed by atoms with van der Waals surface area (Å²) in [7, 11) is 1.46. The second-order valence-corrected chi connectivity index (χ2v) is 8.60. The first-order chi connectivity index (χ1) is 18.4. The number of rotatable bonds is 9. The van der Waals surface area contributed by atoms with Crippen LogP contribution in [-0.2, 0) is 6.54 Å². The van der Waals surface area contributed by atoms with Gasteiger partial charge in [0.25, 0.3) is 0 Å². The Labute approximate surface area is 219 Å². The van der Waals surface area contributed by atoms with Gasteiger partial charge in [-0.3, -0.25) is 4.98 Å². The average molecular weight is 518 g/mol. The Kier molecular flexibility index (Phi) is 8.44. The Morgan fingerprint density at radius 2 is 1.92 bits per heavy atom. The van der Waals surface area contributed by atoms with Gasteiger partial charge in [-0.05, 0) is 48.4 Å². The number of aromatic nitrogens is 3. The maximum atomic E-state index is 14.8. The van der Waals surface area contributed by atoms with Crippen molar-refractivity contribution in [1.82, 2.24) is 19.9 Å². The smallest absolute Gasteiger partial charge is 0.415 e. The summed E-state index contributed by atoms with van der Waals surface area (Å²) < 4.78 is 20.4. The standard InChI is InChI=1S/C28H28FN5O4/c1-3-34(17-19-8-7-13-30-15-19)27-31-16-25(26(32-27)22-11-4-5-12-23(22)29)38-28(37)33(2)18-24(36)20-9-6-10-21(35)14-20/h4-16,24,35-36H,3,17-18H2,1-2H3. The van der Waals surface area contributed by atoms with E-state index < -0.39 is 18.0 Å². The van der Waals surface area contributed by atoms with Crippen molar-refractivity contribution in [1.29, 1.82) is 0 Å². The number of amides is 1. The molecule has 10 heteroatoms. The van der Waals surface area contributed by atoms with Crippen LogP contribution < -0.4 is 9.64 Å². The summed E-state index contributed by atoms with van der Waals surface area (Å²) in [6.45, 7) is 2.89. The lowest BCUT2D eigenvalue weighted by atomic mass is 10.1. The van der Waals surface area contributed by atoms with Crippen molar-refractivity contribution in [2.24, 2.45) is 0 Å². The van der Waals surface area contributed by atoms with Crippen LogP contribution in [0.4, 0.5) is 15.1 Å². The second kappa shape index (κ2) is 12.1. The number of pyridine rings is 1. The molecular formula is C28H28FN5O4. The highest BCUT2D eigenvalue weighted by atomic mass is 19.1. The number of likely N-dealkylation sites (N-methyl/N-ethyl adjacent to an activating group) is 1. The van der Waals surface area contributed by atoms with Gasteiger partial charge in [0.15, 0.2) is 5.75 Å². The minimum atomic E-state index is -1.06. The highest BCUT2D eigenvalue weighted by Gasteiger charge is 2.22. The largest absolute Gasteiger partial charge is 0.508 e. The average Bonchev–Trinajstić information content (AvgIpc) is 2.93. The minimum Gasteiger partial charge on any atom is -0.508 e. The number of halogens is 1. The van der Waals surface area contributed by atoms with E-state index in [0.29, 0.717) is 24.6 Å². The number of phenols is 1. The Morgan fingerprint density at radius 3 is 2.63 bits per heavy atom. The van der Waals surface area contributed by atoms with Gasteiger partial charge in [0.05, 0.1) is 18.8 Å². The highest BCUT2D eigenvalue weighted by Crippen LogP contribution is 2.32. The number of benzene rings is 2. The molecule has 1 amide bonds. The quantitative estimate of drug-likeness (QED) is 0.332. The van der Waals surface area contributed by atoms with Crippen molar-refractivity contribution in [2.45, 2.75) is 19.6 Å². The molecule has 0 saturated carbocycles. The van der Waals surface area contributed by atoms with Crippen LogP contribution >= 0.6 is 0 Å². The van der Waals surface area contributed by atoms with Crippen LogP contribution in [0, 0.1) is 5.82 Å². The maximum Gasteiger partial charge on any atom is 0.415 e. The fraction of sp³-hybridized carbons (Fsp3) is 0.214. The van der Waals surface area contributed by atoms with Gasteiger partial charge in [-0.2, -0.15) is 0 Å². The predicted octanol–water partition coefficient (Wildman–Crippen LogP) is 4.57. The molecule has 9 nitrogen and oxygen atoms in total. The van der Waals surface area contributed by atoms with Gasteiger partial charge < -0.3 is 24.7 Å². The van der Waals surface area contributed by atoms with Crippen molar-refractivity contribution >= 4 is 12.0 Å². The van der Waals surface area contributed by atoms with E-state index in [-0.39, 0.29) is 29.3 Å². The number of nitrogens with zero attached hydrogens (tertiary/aromatic N) is 5. The zero-order valence-electron chi connectivity index (χ0n) is 21.0. The zero-order valence-corrected chi connectivity index (χ0v) is 21.0. The first-order valence-corrected chi connectivity index (χ1v) is 12.0. The normalized spacial score (nSPS) is 11.6. The lowest BCUT2D eigenvalue weighted by Gasteiger charge is -2.23. The molecule has 1 unspecified atom stereocenters. The van der Waals surface area contributed by atoms with Crippen LogP contribution in [0.1, 0.15) is 24.2 Å². The number of aromatic hydroxyl groups is 1. The number of ether oxygens (including phenoxy) is 1. The van der Waals surface area contributed by atoms with E-state index in [1.54, 1.807) is 42.7 Å². The Balaban J connectivity index is 1.59. The fourth-order valence-corrected chi connectivity index (χ4v) is 3.81. The van der Waals surface area contributed by atoms with E-state index in [0.717, 1.165) is 5.56 Å². The third-order valence-electron chi connectivity index (χ3n) is 5.84. The van der Waals surface area contributed by atoms with E-state index in [9.17, 15) is 19.4 Å². The minimum absolute atomic E-state index is 0.00296. The molecule has 38 heavy (non-hydrogen) atoms. The Morgan fingerprint density at radius 1 is 1.11 bits per heavy atom. The molecule has 2 N–H and O–H groups in total. The molecule has 2 aromatic carbocycles. The molecular weight excluding hydrogens is 489 g/mol. The van der Waals surface area contributed by atoms with Gasteiger partial charge in [-0.15, -0.1) is 0 Å². The number of aliphatic hydroxyl groups excluding tert-OH is 1. The van der Waals surface area contributed by atoms with Crippen LogP contribution in [0.2, 0.25) is 0 Å². The number of hydrogen-bond donors (Lipinski definition) is 2. The van der Waals surface area contributed by atoms with Crippen molar-refractivity contribution in [3.8, 4) is 22.8 Å². The lowest BCUT2D eigenvalue weighted by Crippen LogP contribution is -2.33. The van der Waals surface area contributed by atoms with Crippen molar-refractivity contribution in [2.75, 3.05) is 25.0 Å². The SMILES string of the molecule is CCN(Cc1cccnc1)c1ncc(OC(=O)N(C)CC(O)c2cccc(O)c2)c(-c2ccccc2F)n1. The summed E-state index contributed by atoms with van der Waals surface area (Å²) in [5, 5.41) is 20.2. The number of anilines is 1. The Hall–Kier alpha value is -4.57. The van der Waals surface area contributed by atoms with Crippen LogP contribution in [-0.4, -0.2) is 56.3 Å². The van der Waals surface area contributed by atoms with Gasteiger partial charge in [-0.25, -0.2) is 19.2 Å². The molecule has 2 aromatic heterocycles. The molecule has 4 aromatic rings. The molecule has 0 aliphatic heterocycles. The molecule has 0 spiro atoms. The van der Waals surface area contributed by atoms with Crippen LogP contribution in [0.15, 0.2) is 79.3 Å². The van der Waals surface area contributed by atoms with Gasteiger partial charge in [0, 0.05) is 38.1 Å². The number of hydrogen-bond acceptors (Lipinski definition) is 8. The van der Waals surface area contributed by atoms with Crippen molar-refractivity contribution in [3.63, 3.8) is 0 Å². The Bertz CT molecular complexity index is 1390. The summed E-state index contributed by atoms with van der Waals surface area (Å²) in [4.78, 5) is 29.1. The van der Waals surface area contributed by atoms with Crippen LogP contribution in [0.3, 0.4) is 0 Å². The summed E-state index contributed by atoms with van der Waals surface area (Å²) in [5.74, 6) is -0.220. The number of carbonyl (C=O) groups is 1. The van der Waals surface area contributed by atoms with Crippen molar-refractivity contribution in [3.05, 3.63) is 96.2 Å². The third kappa shape index (κ3) is 6.40. The van der Waals surface area contributed by atoms with E-state index in [1.807, 2.05) is 24.0 Å². The third-order valence-corrected chi connectivity index (χ3v) is 5.84. The first-order valence-electron chi connectivity index (χ1n) is 12.0. The van der Waals surface area contributed by atoms with E-state index in [1.165, 1.54) is 36.3 Å². The molecule has 0 aliphatic carbocycles. The topological polar surface area (TPSA) is 112 Å².